The van der Waals surface area contributed by atoms with Gasteiger partial charge in [0.1, 0.15) is 0 Å². The van der Waals surface area contributed by atoms with Gasteiger partial charge in [-0.25, -0.2) is 0 Å². The average molecular weight is 226 g/mol. The van der Waals surface area contributed by atoms with E-state index in [4.69, 9.17) is 11.6 Å². The Kier molecular flexibility index (Phi) is 4.66. The molecule has 0 aliphatic rings. The first-order valence-electron chi connectivity index (χ1n) is 4.98. The standard InChI is InChI=1S/C12H16ClNO/c1-3-8-14(4-2)12-7-5-6-11(13)10(12)9-15/h3,5-7,15H,1,4,8-9H2,2H3. The average Bonchev–Trinajstić information content (AvgIpc) is 2.25. The van der Waals surface area contributed by atoms with E-state index >= 15 is 0 Å². The van der Waals surface area contributed by atoms with Crippen molar-refractivity contribution in [2.75, 3.05) is 18.0 Å². The van der Waals surface area contributed by atoms with E-state index < -0.39 is 0 Å². The molecule has 15 heavy (non-hydrogen) atoms. The van der Waals surface area contributed by atoms with Crippen molar-refractivity contribution in [1.82, 2.24) is 0 Å². The Morgan fingerprint density at radius 2 is 2.27 bits per heavy atom. The highest BCUT2D eigenvalue weighted by Crippen LogP contribution is 2.27. The van der Waals surface area contributed by atoms with Gasteiger partial charge in [0.25, 0.3) is 0 Å². The molecule has 0 aromatic heterocycles. The summed E-state index contributed by atoms with van der Waals surface area (Å²) >= 11 is 6.02. The normalized spacial score (nSPS) is 10.1. The first-order chi connectivity index (χ1) is 7.24. The van der Waals surface area contributed by atoms with E-state index in [1.807, 2.05) is 18.2 Å². The Morgan fingerprint density at radius 1 is 1.53 bits per heavy atom. The molecule has 0 saturated heterocycles. The summed E-state index contributed by atoms with van der Waals surface area (Å²) in [6.45, 7) is 7.35. The van der Waals surface area contributed by atoms with Crippen molar-refractivity contribution in [1.29, 1.82) is 0 Å². The number of anilines is 1. The second-order valence-electron chi connectivity index (χ2n) is 3.22. The van der Waals surface area contributed by atoms with Crippen LogP contribution in [0, 0.1) is 0 Å². The number of hydrogen-bond acceptors (Lipinski definition) is 2. The largest absolute Gasteiger partial charge is 0.392 e. The lowest BCUT2D eigenvalue weighted by Gasteiger charge is -2.24. The van der Waals surface area contributed by atoms with Gasteiger partial charge in [0.2, 0.25) is 0 Å². The summed E-state index contributed by atoms with van der Waals surface area (Å²) in [4.78, 5) is 2.12. The minimum Gasteiger partial charge on any atom is -0.392 e. The van der Waals surface area contributed by atoms with Crippen LogP contribution in [-0.4, -0.2) is 18.2 Å². The Bertz CT molecular complexity index is 338. The van der Waals surface area contributed by atoms with Crippen LogP contribution in [0.5, 0.6) is 0 Å². The first kappa shape index (κ1) is 12.1. The van der Waals surface area contributed by atoms with Crippen molar-refractivity contribution in [3.8, 4) is 0 Å². The van der Waals surface area contributed by atoms with Crippen LogP contribution in [0.4, 0.5) is 5.69 Å². The Labute approximate surface area is 95.8 Å². The van der Waals surface area contributed by atoms with Gasteiger partial charge >= 0.3 is 0 Å². The van der Waals surface area contributed by atoms with E-state index in [2.05, 4.69) is 18.4 Å². The van der Waals surface area contributed by atoms with Crippen LogP contribution in [-0.2, 0) is 6.61 Å². The third-order valence-corrected chi connectivity index (χ3v) is 2.68. The minimum absolute atomic E-state index is 0.0390. The molecule has 0 saturated carbocycles. The number of likely N-dealkylation sites (N-methyl/N-ethyl adjacent to an activating group) is 1. The van der Waals surface area contributed by atoms with E-state index in [-0.39, 0.29) is 6.61 Å². The SMILES string of the molecule is C=CCN(CC)c1cccc(Cl)c1CO. The maximum absolute atomic E-state index is 9.27. The fraction of sp³-hybridized carbons (Fsp3) is 0.333. The van der Waals surface area contributed by atoms with Crippen molar-refractivity contribution >= 4 is 17.3 Å². The van der Waals surface area contributed by atoms with Crippen molar-refractivity contribution in [2.24, 2.45) is 0 Å². The maximum Gasteiger partial charge on any atom is 0.0716 e. The number of hydrogen-bond donors (Lipinski definition) is 1. The smallest absolute Gasteiger partial charge is 0.0716 e. The topological polar surface area (TPSA) is 23.5 Å². The zero-order chi connectivity index (χ0) is 11.3. The van der Waals surface area contributed by atoms with E-state index in [9.17, 15) is 5.11 Å². The minimum atomic E-state index is -0.0390. The van der Waals surface area contributed by atoms with Crippen molar-refractivity contribution in [2.45, 2.75) is 13.5 Å². The molecule has 0 bridgehead atoms. The second-order valence-corrected chi connectivity index (χ2v) is 3.63. The third kappa shape index (κ3) is 2.74. The fourth-order valence-electron chi connectivity index (χ4n) is 1.55. The molecular weight excluding hydrogens is 210 g/mol. The van der Waals surface area contributed by atoms with E-state index in [0.717, 1.165) is 24.3 Å². The molecule has 1 rings (SSSR count). The Balaban J connectivity index is 3.10. The summed E-state index contributed by atoms with van der Waals surface area (Å²) in [7, 11) is 0. The fourth-order valence-corrected chi connectivity index (χ4v) is 1.78. The highest BCUT2D eigenvalue weighted by molar-refractivity contribution is 6.31. The molecule has 0 atom stereocenters. The molecule has 0 aliphatic carbocycles. The van der Waals surface area contributed by atoms with Crippen molar-refractivity contribution in [3.63, 3.8) is 0 Å². The van der Waals surface area contributed by atoms with Crippen molar-refractivity contribution < 1.29 is 5.11 Å². The molecule has 0 unspecified atom stereocenters. The molecule has 1 aromatic rings. The van der Waals surface area contributed by atoms with Crippen LogP contribution in [0.15, 0.2) is 30.9 Å². The van der Waals surface area contributed by atoms with Crippen LogP contribution in [0.3, 0.4) is 0 Å². The summed E-state index contributed by atoms with van der Waals surface area (Å²) in [5, 5.41) is 9.88. The molecule has 0 radical (unpaired) electrons. The van der Waals surface area contributed by atoms with Crippen LogP contribution in [0.25, 0.3) is 0 Å². The van der Waals surface area contributed by atoms with Crippen LogP contribution in [0.2, 0.25) is 5.02 Å². The quantitative estimate of drug-likeness (QED) is 0.779. The highest BCUT2D eigenvalue weighted by atomic mass is 35.5. The zero-order valence-corrected chi connectivity index (χ0v) is 9.67. The Morgan fingerprint density at radius 3 is 2.80 bits per heavy atom. The molecule has 0 amide bonds. The molecule has 0 fully saturated rings. The molecular formula is C12H16ClNO. The van der Waals surface area contributed by atoms with Gasteiger partial charge in [-0.2, -0.15) is 0 Å². The molecule has 1 N–H and O–H groups in total. The highest BCUT2D eigenvalue weighted by Gasteiger charge is 2.10. The lowest BCUT2D eigenvalue weighted by Crippen LogP contribution is -2.23. The molecule has 0 heterocycles. The summed E-state index contributed by atoms with van der Waals surface area (Å²) in [6, 6.07) is 5.64. The summed E-state index contributed by atoms with van der Waals surface area (Å²) in [5.41, 5.74) is 1.76. The molecule has 82 valence electrons. The van der Waals surface area contributed by atoms with Gasteiger partial charge < -0.3 is 10.0 Å². The van der Waals surface area contributed by atoms with Crippen LogP contribution < -0.4 is 4.90 Å². The van der Waals surface area contributed by atoms with Gasteiger partial charge in [-0.3, -0.25) is 0 Å². The van der Waals surface area contributed by atoms with E-state index in [1.54, 1.807) is 6.07 Å². The van der Waals surface area contributed by atoms with E-state index in [1.165, 1.54) is 0 Å². The van der Waals surface area contributed by atoms with Crippen LogP contribution >= 0.6 is 11.6 Å². The predicted octanol–water partition coefficient (Wildman–Crippen LogP) is 2.84. The number of nitrogens with zero attached hydrogens (tertiary/aromatic N) is 1. The van der Waals surface area contributed by atoms with Gasteiger partial charge in [0.05, 0.1) is 6.61 Å². The molecule has 0 spiro atoms. The summed E-state index contributed by atoms with van der Waals surface area (Å²) in [5.74, 6) is 0. The number of halogens is 1. The zero-order valence-electron chi connectivity index (χ0n) is 8.91. The number of aliphatic hydroxyl groups excluding tert-OH is 1. The lowest BCUT2D eigenvalue weighted by atomic mass is 10.1. The summed E-state index contributed by atoms with van der Waals surface area (Å²) < 4.78 is 0. The van der Waals surface area contributed by atoms with Crippen molar-refractivity contribution in [3.05, 3.63) is 41.4 Å². The monoisotopic (exact) mass is 225 g/mol. The van der Waals surface area contributed by atoms with Gasteiger partial charge in [0.15, 0.2) is 0 Å². The summed E-state index contributed by atoms with van der Waals surface area (Å²) in [6.07, 6.45) is 1.84. The first-order valence-corrected chi connectivity index (χ1v) is 5.36. The van der Waals surface area contributed by atoms with Gasteiger partial charge in [-0.1, -0.05) is 23.7 Å². The van der Waals surface area contributed by atoms with Gasteiger partial charge in [-0.15, -0.1) is 6.58 Å². The number of rotatable bonds is 5. The third-order valence-electron chi connectivity index (χ3n) is 2.32. The molecule has 2 nitrogen and oxygen atoms in total. The Hall–Kier alpha value is -0.990. The molecule has 3 heteroatoms. The van der Waals surface area contributed by atoms with Crippen LogP contribution in [0.1, 0.15) is 12.5 Å². The number of benzene rings is 1. The van der Waals surface area contributed by atoms with E-state index in [0.29, 0.717) is 5.02 Å². The molecule has 0 aliphatic heterocycles. The lowest BCUT2D eigenvalue weighted by molar-refractivity contribution is 0.282. The number of aliphatic hydroxyl groups is 1. The predicted molar refractivity (Wildman–Crippen MR) is 65.5 cm³/mol. The van der Waals surface area contributed by atoms with Gasteiger partial charge in [0, 0.05) is 29.4 Å². The van der Waals surface area contributed by atoms with Gasteiger partial charge in [-0.05, 0) is 19.1 Å². The maximum atomic E-state index is 9.27. The second kappa shape index (κ2) is 5.79. The molecule has 1 aromatic carbocycles.